The van der Waals surface area contributed by atoms with Crippen LogP contribution in [-0.2, 0) is 4.79 Å². The minimum atomic E-state index is -0.288. The Morgan fingerprint density at radius 3 is 2.64 bits per heavy atom. The number of hydrogen-bond donors (Lipinski definition) is 1. The van der Waals surface area contributed by atoms with Crippen LogP contribution in [0.5, 0.6) is 5.75 Å². The first-order valence-corrected chi connectivity index (χ1v) is 9.88. The average molecular weight is 401 g/mol. The highest BCUT2D eigenvalue weighted by molar-refractivity contribution is 6.31. The molecule has 0 spiro atoms. The maximum atomic E-state index is 12.7. The first kappa shape index (κ1) is 20.2. The summed E-state index contributed by atoms with van der Waals surface area (Å²) >= 11 is 5.99. The van der Waals surface area contributed by atoms with Crippen molar-refractivity contribution in [2.75, 3.05) is 25.0 Å². The SMILES string of the molecule is Cc1cc(OCC(=O)Nc2cccc(C(=O)N3CCC(C)CC3)c2)ccc1Cl. The van der Waals surface area contributed by atoms with Crippen LogP contribution >= 0.6 is 11.6 Å². The van der Waals surface area contributed by atoms with Gasteiger partial charge in [-0.25, -0.2) is 0 Å². The van der Waals surface area contributed by atoms with E-state index in [9.17, 15) is 9.59 Å². The molecule has 1 heterocycles. The molecule has 28 heavy (non-hydrogen) atoms. The third-order valence-corrected chi connectivity index (χ3v) is 5.39. The third kappa shape index (κ3) is 5.26. The van der Waals surface area contributed by atoms with Gasteiger partial charge in [0.2, 0.25) is 0 Å². The van der Waals surface area contributed by atoms with Gasteiger partial charge in [-0.15, -0.1) is 0 Å². The van der Waals surface area contributed by atoms with Crippen LogP contribution in [0.4, 0.5) is 5.69 Å². The van der Waals surface area contributed by atoms with Crippen molar-refractivity contribution in [3.63, 3.8) is 0 Å². The summed E-state index contributed by atoms with van der Waals surface area (Å²) < 4.78 is 5.51. The molecule has 2 amide bonds. The number of aryl methyl sites for hydroxylation is 1. The Kier molecular flexibility index (Phi) is 6.57. The number of rotatable bonds is 5. The van der Waals surface area contributed by atoms with Gasteiger partial charge >= 0.3 is 0 Å². The zero-order valence-corrected chi connectivity index (χ0v) is 17.0. The first-order valence-electron chi connectivity index (χ1n) is 9.50. The largest absolute Gasteiger partial charge is 0.484 e. The minimum absolute atomic E-state index is 0.0101. The molecule has 1 N–H and O–H groups in total. The Morgan fingerprint density at radius 1 is 1.18 bits per heavy atom. The van der Waals surface area contributed by atoms with Gasteiger partial charge < -0.3 is 15.0 Å². The number of amides is 2. The lowest BCUT2D eigenvalue weighted by molar-refractivity contribution is -0.118. The molecule has 5 nitrogen and oxygen atoms in total. The Balaban J connectivity index is 1.56. The summed E-state index contributed by atoms with van der Waals surface area (Å²) in [7, 11) is 0. The maximum Gasteiger partial charge on any atom is 0.262 e. The van der Waals surface area contributed by atoms with Crippen LogP contribution in [-0.4, -0.2) is 36.4 Å². The molecule has 0 aromatic heterocycles. The van der Waals surface area contributed by atoms with Crippen molar-refractivity contribution >= 4 is 29.1 Å². The molecule has 0 aliphatic carbocycles. The van der Waals surface area contributed by atoms with Gasteiger partial charge in [0.25, 0.3) is 11.8 Å². The molecule has 0 saturated carbocycles. The highest BCUT2D eigenvalue weighted by Crippen LogP contribution is 2.22. The Labute approximate surface area is 170 Å². The fourth-order valence-electron chi connectivity index (χ4n) is 3.18. The second kappa shape index (κ2) is 9.11. The lowest BCUT2D eigenvalue weighted by atomic mass is 9.98. The molecule has 1 aliphatic heterocycles. The average Bonchev–Trinajstić information content (AvgIpc) is 2.69. The zero-order valence-electron chi connectivity index (χ0n) is 16.2. The zero-order chi connectivity index (χ0) is 20.1. The molecule has 148 valence electrons. The second-order valence-corrected chi connectivity index (χ2v) is 7.71. The molecular weight excluding hydrogens is 376 g/mol. The topological polar surface area (TPSA) is 58.6 Å². The van der Waals surface area contributed by atoms with Gasteiger partial charge in [-0.05, 0) is 67.6 Å². The number of piperidine rings is 1. The molecule has 1 saturated heterocycles. The molecule has 0 unspecified atom stereocenters. The van der Waals surface area contributed by atoms with Gasteiger partial charge in [0, 0.05) is 29.4 Å². The van der Waals surface area contributed by atoms with Crippen molar-refractivity contribution in [2.45, 2.75) is 26.7 Å². The molecule has 1 fully saturated rings. The van der Waals surface area contributed by atoms with E-state index in [4.69, 9.17) is 16.3 Å². The fourth-order valence-corrected chi connectivity index (χ4v) is 3.29. The maximum absolute atomic E-state index is 12.7. The van der Waals surface area contributed by atoms with Crippen molar-refractivity contribution in [2.24, 2.45) is 5.92 Å². The summed E-state index contributed by atoms with van der Waals surface area (Å²) in [6.07, 6.45) is 2.06. The van der Waals surface area contributed by atoms with E-state index in [0.717, 1.165) is 31.5 Å². The molecule has 2 aromatic rings. The van der Waals surface area contributed by atoms with E-state index < -0.39 is 0 Å². The van der Waals surface area contributed by atoms with E-state index in [-0.39, 0.29) is 18.4 Å². The number of benzene rings is 2. The van der Waals surface area contributed by atoms with Gasteiger partial charge in [0.15, 0.2) is 6.61 Å². The number of likely N-dealkylation sites (tertiary alicyclic amines) is 1. The first-order chi connectivity index (χ1) is 13.4. The van der Waals surface area contributed by atoms with Crippen molar-refractivity contribution in [3.05, 3.63) is 58.6 Å². The Bertz CT molecular complexity index is 861. The summed E-state index contributed by atoms with van der Waals surface area (Å²) in [5.41, 5.74) is 2.05. The number of hydrogen-bond acceptors (Lipinski definition) is 3. The van der Waals surface area contributed by atoms with Crippen LogP contribution in [0.1, 0.15) is 35.7 Å². The van der Waals surface area contributed by atoms with Gasteiger partial charge in [-0.1, -0.05) is 24.6 Å². The number of nitrogens with one attached hydrogen (secondary N) is 1. The lowest BCUT2D eigenvalue weighted by Crippen LogP contribution is -2.37. The molecule has 2 aromatic carbocycles. The summed E-state index contributed by atoms with van der Waals surface area (Å²) in [5, 5.41) is 3.44. The van der Waals surface area contributed by atoms with Crippen LogP contribution in [0.15, 0.2) is 42.5 Å². The third-order valence-electron chi connectivity index (χ3n) is 4.96. The van der Waals surface area contributed by atoms with Gasteiger partial charge in [0.1, 0.15) is 5.75 Å². The predicted molar refractivity (Wildman–Crippen MR) is 111 cm³/mol. The van der Waals surface area contributed by atoms with E-state index in [1.54, 1.807) is 42.5 Å². The van der Waals surface area contributed by atoms with Gasteiger partial charge in [-0.3, -0.25) is 9.59 Å². The number of nitrogens with zero attached hydrogens (tertiary/aromatic N) is 1. The fraction of sp³-hybridized carbons (Fsp3) is 0.364. The smallest absolute Gasteiger partial charge is 0.262 e. The summed E-state index contributed by atoms with van der Waals surface area (Å²) in [5.74, 6) is 0.972. The molecule has 6 heteroatoms. The summed E-state index contributed by atoms with van der Waals surface area (Å²) in [4.78, 5) is 26.8. The molecule has 0 bridgehead atoms. The van der Waals surface area contributed by atoms with Gasteiger partial charge in [0.05, 0.1) is 0 Å². The highest BCUT2D eigenvalue weighted by atomic mass is 35.5. The van der Waals surface area contributed by atoms with E-state index >= 15 is 0 Å². The molecule has 3 rings (SSSR count). The van der Waals surface area contributed by atoms with Crippen molar-refractivity contribution in [1.82, 2.24) is 4.90 Å². The second-order valence-electron chi connectivity index (χ2n) is 7.30. The van der Waals surface area contributed by atoms with E-state index in [1.165, 1.54) is 0 Å². The minimum Gasteiger partial charge on any atom is -0.484 e. The van der Waals surface area contributed by atoms with E-state index in [0.29, 0.717) is 27.9 Å². The van der Waals surface area contributed by atoms with E-state index in [1.807, 2.05) is 11.8 Å². The molecule has 0 atom stereocenters. The van der Waals surface area contributed by atoms with Crippen molar-refractivity contribution in [1.29, 1.82) is 0 Å². The Hall–Kier alpha value is -2.53. The summed E-state index contributed by atoms with van der Waals surface area (Å²) in [6.45, 7) is 5.53. The number of carbonyl (C=O) groups is 2. The summed E-state index contributed by atoms with van der Waals surface area (Å²) in [6, 6.07) is 12.3. The van der Waals surface area contributed by atoms with Crippen LogP contribution in [0, 0.1) is 12.8 Å². The molecular formula is C22H25ClN2O3. The highest BCUT2D eigenvalue weighted by Gasteiger charge is 2.21. The number of halogens is 1. The number of ether oxygens (including phenoxy) is 1. The van der Waals surface area contributed by atoms with Crippen LogP contribution in [0.3, 0.4) is 0 Å². The molecule has 0 radical (unpaired) electrons. The Morgan fingerprint density at radius 2 is 1.93 bits per heavy atom. The van der Waals surface area contributed by atoms with E-state index in [2.05, 4.69) is 12.2 Å². The predicted octanol–water partition coefficient (Wildman–Crippen LogP) is 4.54. The van der Waals surface area contributed by atoms with Crippen molar-refractivity contribution < 1.29 is 14.3 Å². The normalized spacial score (nSPS) is 14.6. The van der Waals surface area contributed by atoms with Crippen molar-refractivity contribution in [3.8, 4) is 5.75 Å². The van der Waals surface area contributed by atoms with Gasteiger partial charge in [-0.2, -0.15) is 0 Å². The lowest BCUT2D eigenvalue weighted by Gasteiger charge is -2.30. The van der Waals surface area contributed by atoms with Crippen LogP contribution in [0.2, 0.25) is 5.02 Å². The molecule has 1 aliphatic rings. The van der Waals surface area contributed by atoms with Crippen LogP contribution < -0.4 is 10.1 Å². The monoisotopic (exact) mass is 400 g/mol. The standard InChI is InChI=1S/C22H25ClN2O3/c1-15-8-10-25(11-9-15)22(27)17-4-3-5-18(13-17)24-21(26)14-28-19-6-7-20(23)16(2)12-19/h3-7,12-13,15H,8-11,14H2,1-2H3,(H,24,26). The number of anilines is 1. The van der Waals surface area contributed by atoms with Crippen LogP contribution in [0.25, 0.3) is 0 Å². The quantitative estimate of drug-likeness (QED) is 0.801. The number of carbonyl (C=O) groups excluding carboxylic acids is 2.